The average Bonchev–Trinajstić information content (AvgIpc) is 2.37. The second-order valence-electron chi connectivity index (χ2n) is 3.73. The van der Waals surface area contributed by atoms with Gasteiger partial charge in [0.05, 0.1) is 6.61 Å². The van der Waals surface area contributed by atoms with Crippen molar-refractivity contribution in [1.29, 1.82) is 0 Å². The topological polar surface area (TPSA) is 69.4 Å². The summed E-state index contributed by atoms with van der Waals surface area (Å²) in [6.45, 7) is 3.03. The Morgan fingerprint density at radius 2 is 2.06 bits per heavy atom. The van der Waals surface area contributed by atoms with Gasteiger partial charge in [-0.1, -0.05) is 42.1 Å². The van der Waals surface area contributed by atoms with Crippen LogP contribution in [0.15, 0.2) is 30.3 Å². The molecule has 1 rings (SSSR count). The Labute approximate surface area is 110 Å². The second-order valence-corrected chi connectivity index (χ2v) is 5.11. The zero-order valence-electron chi connectivity index (χ0n) is 10.3. The number of carbonyl (C=O) groups is 1. The number of nitro groups is 1. The third-order valence-electron chi connectivity index (χ3n) is 2.37. The van der Waals surface area contributed by atoms with Gasteiger partial charge in [-0.3, -0.25) is 10.1 Å². The fraction of sp³-hybridized carbons (Fsp3) is 0.417. The normalized spacial score (nSPS) is 13.7. The van der Waals surface area contributed by atoms with Gasteiger partial charge in [-0.05, 0) is 12.5 Å². The zero-order valence-corrected chi connectivity index (χ0v) is 11.1. The Balaban J connectivity index is 2.75. The van der Waals surface area contributed by atoms with Gasteiger partial charge in [-0.2, -0.15) is 0 Å². The van der Waals surface area contributed by atoms with E-state index in [1.807, 2.05) is 30.3 Å². The first-order valence-corrected chi connectivity index (χ1v) is 6.49. The maximum Gasteiger partial charge on any atom is 0.395 e. The van der Waals surface area contributed by atoms with Gasteiger partial charge in [-0.15, -0.1) is 0 Å². The van der Waals surface area contributed by atoms with Crippen LogP contribution in [0.5, 0.6) is 0 Å². The third-order valence-corrected chi connectivity index (χ3v) is 3.72. The smallest absolute Gasteiger partial charge is 0.395 e. The number of hydrogen-bond donors (Lipinski definition) is 0. The van der Waals surface area contributed by atoms with E-state index < -0.39 is 15.8 Å². The highest BCUT2D eigenvalue weighted by Gasteiger charge is 2.48. The SMILES string of the molecule is CCOC(=O)C(C)(SCc1ccccc1)[N+](=O)[O-]. The lowest BCUT2D eigenvalue weighted by molar-refractivity contribution is -0.521. The van der Waals surface area contributed by atoms with Gasteiger partial charge in [0, 0.05) is 17.6 Å². The maximum atomic E-state index is 11.6. The minimum Gasteiger partial charge on any atom is -0.460 e. The van der Waals surface area contributed by atoms with Crippen LogP contribution in [0.4, 0.5) is 0 Å². The van der Waals surface area contributed by atoms with Gasteiger partial charge in [-0.25, -0.2) is 4.79 Å². The quantitative estimate of drug-likeness (QED) is 0.343. The molecule has 0 spiro atoms. The second kappa shape index (κ2) is 6.39. The van der Waals surface area contributed by atoms with E-state index in [9.17, 15) is 14.9 Å². The molecule has 1 aromatic rings. The molecular weight excluding hydrogens is 254 g/mol. The van der Waals surface area contributed by atoms with Gasteiger partial charge in [0.15, 0.2) is 0 Å². The lowest BCUT2D eigenvalue weighted by Crippen LogP contribution is -2.41. The van der Waals surface area contributed by atoms with Crippen molar-refractivity contribution >= 4 is 17.7 Å². The predicted molar refractivity (Wildman–Crippen MR) is 69.8 cm³/mol. The highest BCUT2D eigenvalue weighted by Crippen LogP contribution is 2.30. The molecule has 0 N–H and O–H groups in total. The molecule has 0 heterocycles. The molecule has 1 aromatic carbocycles. The molecule has 6 heteroatoms. The fourth-order valence-corrected chi connectivity index (χ4v) is 2.17. The van der Waals surface area contributed by atoms with Crippen LogP contribution in [0.25, 0.3) is 0 Å². The van der Waals surface area contributed by atoms with E-state index >= 15 is 0 Å². The third kappa shape index (κ3) is 3.46. The van der Waals surface area contributed by atoms with Crippen molar-refractivity contribution in [2.75, 3.05) is 6.61 Å². The van der Waals surface area contributed by atoms with Gasteiger partial charge in [0.2, 0.25) is 0 Å². The Morgan fingerprint density at radius 1 is 1.44 bits per heavy atom. The molecular formula is C12H15NO4S. The van der Waals surface area contributed by atoms with E-state index in [-0.39, 0.29) is 6.61 Å². The largest absolute Gasteiger partial charge is 0.460 e. The summed E-state index contributed by atoms with van der Waals surface area (Å²) >= 11 is 0.959. The first kappa shape index (κ1) is 14.5. The van der Waals surface area contributed by atoms with E-state index in [2.05, 4.69) is 0 Å². The molecule has 0 aliphatic heterocycles. The molecule has 18 heavy (non-hydrogen) atoms. The van der Waals surface area contributed by atoms with Crippen LogP contribution in [0.2, 0.25) is 0 Å². The minimum absolute atomic E-state index is 0.133. The monoisotopic (exact) mass is 269 g/mol. The number of rotatable bonds is 6. The molecule has 5 nitrogen and oxygen atoms in total. The van der Waals surface area contributed by atoms with Crippen molar-refractivity contribution in [3.63, 3.8) is 0 Å². The first-order chi connectivity index (χ1) is 8.50. The molecule has 0 bridgehead atoms. The number of hydrogen-bond acceptors (Lipinski definition) is 5. The summed E-state index contributed by atoms with van der Waals surface area (Å²) in [5, 5.41) is 11.0. The van der Waals surface area contributed by atoms with E-state index in [0.717, 1.165) is 17.3 Å². The van der Waals surface area contributed by atoms with Crippen molar-refractivity contribution in [1.82, 2.24) is 0 Å². The first-order valence-electron chi connectivity index (χ1n) is 5.50. The molecule has 0 aliphatic rings. The summed E-state index contributed by atoms with van der Waals surface area (Å²) in [6.07, 6.45) is 0. The van der Waals surface area contributed by atoms with Crippen molar-refractivity contribution < 1.29 is 14.5 Å². The van der Waals surface area contributed by atoms with E-state index in [4.69, 9.17) is 4.74 Å². The summed E-state index contributed by atoms with van der Waals surface area (Å²) in [5.41, 5.74) is 0.930. The van der Waals surface area contributed by atoms with Crippen LogP contribution in [0.1, 0.15) is 19.4 Å². The van der Waals surface area contributed by atoms with Gasteiger partial charge in [0.25, 0.3) is 0 Å². The summed E-state index contributed by atoms with van der Waals surface area (Å²) in [7, 11) is 0. The van der Waals surface area contributed by atoms with Gasteiger partial charge in [0.1, 0.15) is 0 Å². The molecule has 1 atom stereocenters. The number of benzene rings is 1. The predicted octanol–water partition coefficient (Wildman–Crippen LogP) is 2.48. The standard InChI is InChI=1S/C12H15NO4S/c1-3-17-11(14)12(2,13(15)16)18-9-10-7-5-4-6-8-10/h4-8H,3,9H2,1-2H3. The van der Waals surface area contributed by atoms with Crippen molar-refractivity contribution in [2.24, 2.45) is 0 Å². The Bertz CT molecular complexity index is 423. The van der Waals surface area contributed by atoms with E-state index in [1.165, 1.54) is 6.92 Å². The summed E-state index contributed by atoms with van der Waals surface area (Å²) < 4.78 is 4.76. The van der Waals surface area contributed by atoms with Crippen LogP contribution in [0.3, 0.4) is 0 Å². The number of carbonyl (C=O) groups excluding carboxylic acids is 1. The number of esters is 1. The fourth-order valence-electron chi connectivity index (χ4n) is 1.25. The maximum absolute atomic E-state index is 11.6. The van der Waals surface area contributed by atoms with Crippen molar-refractivity contribution in [3.8, 4) is 0 Å². The summed E-state index contributed by atoms with van der Waals surface area (Å²) in [6, 6.07) is 9.29. The molecule has 0 amide bonds. The minimum atomic E-state index is -1.76. The van der Waals surface area contributed by atoms with E-state index in [1.54, 1.807) is 6.92 Å². The number of thioether (sulfide) groups is 1. The van der Waals surface area contributed by atoms with Crippen LogP contribution < -0.4 is 0 Å². The molecule has 0 aromatic heterocycles. The molecule has 0 fully saturated rings. The Morgan fingerprint density at radius 3 is 2.56 bits per heavy atom. The van der Waals surface area contributed by atoms with Crippen molar-refractivity contribution in [3.05, 3.63) is 46.0 Å². The van der Waals surface area contributed by atoms with Crippen LogP contribution in [-0.4, -0.2) is 22.4 Å². The van der Waals surface area contributed by atoms with Crippen LogP contribution >= 0.6 is 11.8 Å². The van der Waals surface area contributed by atoms with Crippen molar-refractivity contribution in [2.45, 2.75) is 24.5 Å². The lowest BCUT2D eigenvalue weighted by atomic mass is 10.2. The van der Waals surface area contributed by atoms with Crippen LogP contribution in [-0.2, 0) is 15.3 Å². The lowest BCUT2D eigenvalue weighted by Gasteiger charge is -2.18. The summed E-state index contributed by atoms with van der Waals surface area (Å²) in [5.74, 6) is -0.423. The zero-order chi connectivity index (χ0) is 13.6. The molecule has 0 saturated heterocycles. The Kier molecular flexibility index (Phi) is 5.15. The number of ether oxygens (including phenoxy) is 1. The van der Waals surface area contributed by atoms with Gasteiger partial charge >= 0.3 is 10.8 Å². The van der Waals surface area contributed by atoms with Crippen LogP contribution in [0, 0.1) is 10.1 Å². The Hall–Kier alpha value is -1.56. The molecule has 0 saturated carbocycles. The molecule has 1 unspecified atom stereocenters. The van der Waals surface area contributed by atoms with Gasteiger partial charge < -0.3 is 4.74 Å². The summed E-state index contributed by atoms with van der Waals surface area (Å²) in [4.78, 5) is 20.3. The van der Waals surface area contributed by atoms with E-state index in [0.29, 0.717) is 5.75 Å². The molecule has 0 aliphatic carbocycles. The number of nitrogens with zero attached hydrogens (tertiary/aromatic N) is 1. The molecule has 98 valence electrons. The highest BCUT2D eigenvalue weighted by atomic mass is 32.2. The highest BCUT2D eigenvalue weighted by molar-refractivity contribution is 8.00. The average molecular weight is 269 g/mol. The molecule has 0 radical (unpaired) electrons.